The molecule has 0 heterocycles. The molecule has 94 valence electrons. The zero-order valence-electron chi connectivity index (χ0n) is 9.76. The summed E-state index contributed by atoms with van der Waals surface area (Å²) in [6.07, 6.45) is 0.584. The van der Waals surface area contributed by atoms with Crippen molar-refractivity contribution in [2.24, 2.45) is 0 Å². The van der Waals surface area contributed by atoms with E-state index in [1.807, 2.05) is 6.92 Å². The molecule has 17 heavy (non-hydrogen) atoms. The van der Waals surface area contributed by atoms with Gasteiger partial charge in [0.1, 0.15) is 0 Å². The number of rotatable bonds is 4. The van der Waals surface area contributed by atoms with Crippen LogP contribution in [0.5, 0.6) is 0 Å². The quantitative estimate of drug-likeness (QED) is 0.804. The first kappa shape index (κ1) is 14.7. The monoisotopic (exact) mass is 367 g/mol. The van der Waals surface area contributed by atoms with Gasteiger partial charge < -0.3 is 10.4 Å². The molecule has 3 nitrogen and oxygen atoms in total. The van der Waals surface area contributed by atoms with Gasteiger partial charge in [0.05, 0.1) is 10.6 Å². The van der Waals surface area contributed by atoms with Crippen molar-refractivity contribution in [2.75, 3.05) is 6.54 Å². The molecule has 0 spiro atoms. The predicted octanol–water partition coefficient (Wildman–Crippen LogP) is 2.84. The lowest BCUT2D eigenvalue weighted by molar-refractivity contribution is 0.0518. The second kappa shape index (κ2) is 6.02. The second-order valence-electron chi connectivity index (χ2n) is 4.16. The molecule has 0 bridgehead atoms. The fraction of sp³-hybridized carbons (Fsp3) is 0.417. The summed E-state index contributed by atoms with van der Waals surface area (Å²) >= 11 is 8.04. The predicted molar refractivity (Wildman–Crippen MR) is 77.4 cm³/mol. The van der Waals surface area contributed by atoms with E-state index in [-0.39, 0.29) is 12.5 Å². The lowest BCUT2D eigenvalue weighted by Gasteiger charge is -2.21. The molecule has 0 fully saturated rings. The van der Waals surface area contributed by atoms with Gasteiger partial charge in [0.25, 0.3) is 5.91 Å². The lowest BCUT2D eigenvalue weighted by Crippen LogP contribution is -2.40. The summed E-state index contributed by atoms with van der Waals surface area (Å²) in [6, 6.07) is 5.12. The number of carbonyl (C=O) groups excluding carboxylic acids is 1. The zero-order chi connectivity index (χ0) is 13.1. The standard InChI is InChI=1S/C12H15ClINO2/c1-3-12(2,17)7-15-11(16)8-4-5-10(14)9(13)6-8/h4-6,17H,3,7H2,1-2H3,(H,15,16). The number of carbonyl (C=O) groups is 1. The van der Waals surface area contributed by atoms with Crippen LogP contribution in [0.2, 0.25) is 5.02 Å². The molecule has 2 N–H and O–H groups in total. The Morgan fingerprint density at radius 1 is 1.59 bits per heavy atom. The average molecular weight is 368 g/mol. The van der Waals surface area contributed by atoms with Crippen LogP contribution in [0.1, 0.15) is 30.6 Å². The molecule has 1 amide bonds. The molecule has 0 saturated carbocycles. The van der Waals surface area contributed by atoms with E-state index in [0.29, 0.717) is 17.0 Å². The maximum atomic E-state index is 11.8. The Labute approximate surface area is 120 Å². The maximum absolute atomic E-state index is 11.8. The SMILES string of the molecule is CCC(C)(O)CNC(=O)c1ccc(I)c(Cl)c1. The number of halogens is 2. The number of hydrogen-bond donors (Lipinski definition) is 2. The minimum atomic E-state index is -0.872. The van der Waals surface area contributed by atoms with Crippen molar-refractivity contribution in [1.82, 2.24) is 5.32 Å². The van der Waals surface area contributed by atoms with Crippen LogP contribution in [-0.4, -0.2) is 23.2 Å². The van der Waals surface area contributed by atoms with Crippen LogP contribution in [0.25, 0.3) is 0 Å². The van der Waals surface area contributed by atoms with Gasteiger partial charge in [-0.3, -0.25) is 4.79 Å². The van der Waals surface area contributed by atoms with Crippen molar-refractivity contribution < 1.29 is 9.90 Å². The third-order valence-electron chi connectivity index (χ3n) is 2.57. The Hall–Kier alpha value is -0.330. The molecule has 1 unspecified atom stereocenters. The Morgan fingerprint density at radius 3 is 2.76 bits per heavy atom. The maximum Gasteiger partial charge on any atom is 0.251 e. The largest absolute Gasteiger partial charge is 0.388 e. The average Bonchev–Trinajstić information content (AvgIpc) is 2.30. The molecule has 0 aliphatic heterocycles. The van der Waals surface area contributed by atoms with Crippen molar-refractivity contribution >= 4 is 40.1 Å². The zero-order valence-corrected chi connectivity index (χ0v) is 12.7. The number of nitrogens with one attached hydrogen (secondary N) is 1. The van der Waals surface area contributed by atoms with E-state index in [2.05, 4.69) is 27.9 Å². The summed E-state index contributed by atoms with van der Waals surface area (Å²) in [6.45, 7) is 3.79. The Kier molecular flexibility index (Phi) is 5.22. The van der Waals surface area contributed by atoms with Gasteiger partial charge in [-0.2, -0.15) is 0 Å². The summed E-state index contributed by atoms with van der Waals surface area (Å²) < 4.78 is 0.904. The second-order valence-corrected chi connectivity index (χ2v) is 5.73. The minimum absolute atomic E-state index is 0.225. The summed E-state index contributed by atoms with van der Waals surface area (Å²) in [5.41, 5.74) is -0.370. The van der Waals surface area contributed by atoms with Crippen molar-refractivity contribution in [2.45, 2.75) is 25.9 Å². The van der Waals surface area contributed by atoms with E-state index in [9.17, 15) is 9.90 Å². The van der Waals surface area contributed by atoms with Gasteiger partial charge in [0, 0.05) is 15.7 Å². The molecule has 0 aliphatic carbocycles. The molecule has 5 heteroatoms. The smallest absolute Gasteiger partial charge is 0.251 e. The fourth-order valence-electron chi connectivity index (χ4n) is 1.14. The molecular weight excluding hydrogens is 352 g/mol. The van der Waals surface area contributed by atoms with Crippen LogP contribution in [0, 0.1) is 3.57 Å². The number of amides is 1. The molecule has 1 rings (SSSR count). The molecule has 0 radical (unpaired) electrons. The molecule has 1 aromatic carbocycles. The molecular formula is C12H15ClINO2. The first-order chi connectivity index (χ1) is 7.85. The Morgan fingerprint density at radius 2 is 2.24 bits per heavy atom. The molecule has 0 saturated heterocycles. The van der Waals surface area contributed by atoms with Crippen LogP contribution >= 0.6 is 34.2 Å². The highest BCUT2D eigenvalue weighted by Crippen LogP contribution is 2.19. The Balaban J connectivity index is 2.68. The van der Waals surface area contributed by atoms with Crippen LogP contribution in [0.3, 0.4) is 0 Å². The molecule has 1 atom stereocenters. The van der Waals surface area contributed by atoms with Gasteiger partial charge in [-0.05, 0) is 54.1 Å². The van der Waals surface area contributed by atoms with Crippen LogP contribution in [0.4, 0.5) is 0 Å². The van der Waals surface area contributed by atoms with Gasteiger partial charge in [-0.15, -0.1) is 0 Å². The lowest BCUT2D eigenvalue weighted by atomic mass is 10.0. The van der Waals surface area contributed by atoms with Crippen LogP contribution in [0.15, 0.2) is 18.2 Å². The van der Waals surface area contributed by atoms with Crippen molar-refractivity contribution in [3.63, 3.8) is 0 Å². The Bertz CT molecular complexity index is 421. The number of benzene rings is 1. The minimum Gasteiger partial charge on any atom is -0.388 e. The highest BCUT2D eigenvalue weighted by atomic mass is 127. The van der Waals surface area contributed by atoms with Crippen molar-refractivity contribution in [3.05, 3.63) is 32.4 Å². The summed E-state index contributed by atoms with van der Waals surface area (Å²) in [4.78, 5) is 11.8. The third-order valence-corrected chi connectivity index (χ3v) is 4.15. The van der Waals surface area contributed by atoms with Gasteiger partial charge >= 0.3 is 0 Å². The van der Waals surface area contributed by atoms with E-state index in [1.54, 1.807) is 25.1 Å². The van der Waals surface area contributed by atoms with E-state index < -0.39 is 5.60 Å². The van der Waals surface area contributed by atoms with E-state index >= 15 is 0 Å². The van der Waals surface area contributed by atoms with Crippen molar-refractivity contribution in [1.29, 1.82) is 0 Å². The van der Waals surface area contributed by atoms with Crippen LogP contribution < -0.4 is 5.32 Å². The van der Waals surface area contributed by atoms with Gasteiger partial charge in [-0.1, -0.05) is 18.5 Å². The third kappa shape index (κ3) is 4.44. The first-order valence-corrected chi connectivity index (χ1v) is 6.77. The highest BCUT2D eigenvalue weighted by Gasteiger charge is 2.18. The van der Waals surface area contributed by atoms with Gasteiger partial charge in [0.2, 0.25) is 0 Å². The first-order valence-electron chi connectivity index (χ1n) is 5.31. The summed E-state index contributed by atoms with van der Waals surface area (Å²) in [7, 11) is 0. The summed E-state index contributed by atoms with van der Waals surface area (Å²) in [5, 5.41) is 13.0. The molecule has 1 aromatic rings. The number of hydrogen-bond acceptors (Lipinski definition) is 2. The van der Waals surface area contributed by atoms with Gasteiger partial charge in [0.15, 0.2) is 0 Å². The normalized spacial score (nSPS) is 14.2. The topological polar surface area (TPSA) is 49.3 Å². The fourth-order valence-corrected chi connectivity index (χ4v) is 1.65. The van der Waals surface area contributed by atoms with Crippen molar-refractivity contribution in [3.8, 4) is 0 Å². The molecule has 0 aromatic heterocycles. The van der Waals surface area contributed by atoms with E-state index in [0.717, 1.165) is 3.57 Å². The highest BCUT2D eigenvalue weighted by molar-refractivity contribution is 14.1. The molecule has 0 aliphatic rings. The summed E-state index contributed by atoms with van der Waals surface area (Å²) in [5.74, 6) is -0.225. The van der Waals surface area contributed by atoms with E-state index in [1.165, 1.54) is 0 Å². The van der Waals surface area contributed by atoms with E-state index in [4.69, 9.17) is 11.6 Å². The van der Waals surface area contributed by atoms with Gasteiger partial charge in [-0.25, -0.2) is 0 Å². The van der Waals surface area contributed by atoms with Crippen LogP contribution in [-0.2, 0) is 0 Å². The number of aliphatic hydroxyl groups is 1.